The van der Waals surface area contributed by atoms with Crippen LogP contribution in [-0.4, -0.2) is 48.5 Å². The number of anilines is 1. The minimum absolute atomic E-state index is 0.0538. The van der Waals surface area contributed by atoms with Crippen LogP contribution in [0, 0.1) is 28.6 Å². The van der Waals surface area contributed by atoms with Gasteiger partial charge < -0.3 is 10.2 Å². The summed E-state index contributed by atoms with van der Waals surface area (Å²) >= 11 is 8.73. The van der Waals surface area contributed by atoms with E-state index in [4.69, 9.17) is 11.6 Å². The molecule has 7 nitrogen and oxygen atoms in total. The van der Waals surface area contributed by atoms with Gasteiger partial charge >= 0.3 is 0 Å². The predicted molar refractivity (Wildman–Crippen MR) is 139 cm³/mol. The maximum atomic E-state index is 13.8. The highest BCUT2D eigenvalue weighted by Crippen LogP contribution is 2.71. The number of nitrogens with one attached hydrogen (secondary N) is 1. The zero-order chi connectivity index (χ0) is 25.7. The number of aromatic nitrogens is 2. The average molecular weight is 528 g/mol. The third kappa shape index (κ3) is 2.87. The lowest BCUT2D eigenvalue weighted by atomic mass is 9.45. The second-order valence-corrected chi connectivity index (χ2v) is 13.1. The van der Waals surface area contributed by atoms with Crippen LogP contribution in [0.2, 0.25) is 0 Å². The van der Waals surface area contributed by atoms with Crippen molar-refractivity contribution in [1.29, 1.82) is 0 Å². The van der Waals surface area contributed by atoms with Gasteiger partial charge in [0.05, 0.1) is 11.0 Å². The largest absolute Gasteiger partial charge is 0.391 e. The van der Waals surface area contributed by atoms with E-state index < -0.39 is 33.3 Å². The molecular formula is C27H30ClN3O4S. The Bertz CT molecular complexity index is 1320. The molecule has 2 aromatic heterocycles. The lowest BCUT2D eigenvalue weighted by molar-refractivity contribution is -0.174. The fourth-order valence-electron chi connectivity index (χ4n) is 8.05. The van der Waals surface area contributed by atoms with Crippen LogP contribution in [0.5, 0.6) is 0 Å². The Kier molecular flexibility index (Phi) is 5.18. The molecule has 4 aliphatic carbocycles. The summed E-state index contributed by atoms with van der Waals surface area (Å²) in [5.74, 6) is -1.12. The molecule has 6 rings (SSSR count). The average Bonchev–Trinajstić information content (AvgIpc) is 3.32. The first kappa shape index (κ1) is 24.2. The van der Waals surface area contributed by atoms with Gasteiger partial charge in [-0.05, 0) is 67.7 Å². The van der Waals surface area contributed by atoms with Crippen molar-refractivity contribution in [2.75, 3.05) is 5.32 Å². The molecule has 4 aliphatic rings. The Morgan fingerprint density at radius 3 is 2.83 bits per heavy atom. The van der Waals surface area contributed by atoms with Crippen LogP contribution in [0.4, 0.5) is 5.13 Å². The highest BCUT2D eigenvalue weighted by molar-refractivity contribution is 7.21. The molecule has 8 atom stereocenters. The fourth-order valence-corrected chi connectivity index (χ4v) is 9.37. The summed E-state index contributed by atoms with van der Waals surface area (Å²) in [4.78, 5) is 34.3. The van der Waals surface area contributed by atoms with Crippen molar-refractivity contribution in [1.82, 2.24) is 9.97 Å². The zero-order valence-electron chi connectivity index (χ0n) is 20.5. The Labute approximate surface area is 218 Å². The van der Waals surface area contributed by atoms with Crippen molar-refractivity contribution in [3.8, 4) is 0 Å². The first-order valence-electron chi connectivity index (χ1n) is 12.5. The normalized spacial score (nSPS) is 43.5. The number of allylic oxidation sites excluding steroid dienone is 4. The lowest BCUT2D eigenvalue weighted by Gasteiger charge is -2.63. The maximum Gasteiger partial charge on any atom is 0.258 e. The number of nitrogens with zero attached hydrogens (tertiary/aromatic N) is 2. The molecule has 0 bridgehead atoms. The number of aliphatic hydroxyl groups excluding tert-OH is 1. The molecule has 2 aromatic rings. The summed E-state index contributed by atoms with van der Waals surface area (Å²) in [6.07, 6.45) is 7.94. The smallest absolute Gasteiger partial charge is 0.258 e. The van der Waals surface area contributed by atoms with Gasteiger partial charge in [0.1, 0.15) is 10.3 Å². The van der Waals surface area contributed by atoms with Crippen LogP contribution in [0.15, 0.2) is 42.1 Å². The number of carbonyl (C=O) groups is 2. The zero-order valence-corrected chi connectivity index (χ0v) is 22.1. The van der Waals surface area contributed by atoms with Crippen LogP contribution in [0.3, 0.4) is 0 Å². The van der Waals surface area contributed by atoms with Gasteiger partial charge in [0.2, 0.25) is 0 Å². The molecule has 3 fully saturated rings. The van der Waals surface area contributed by atoms with Crippen molar-refractivity contribution in [2.45, 2.75) is 63.0 Å². The molecule has 0 radical (unpaired) electrons. The number of ketones is 1. The fraction of sp³-hybridized carbons (Fsp3) is 0.556. The number of halogens is 1. The second-order valence-electron chi connectivity index (χ2n) is 11.5. The number of hydrogen-bond donors (Lipinski definition) is 3. The van der Waals surface area contributed by atoms with Gasteiger partial charge in [0, 0.05) is 17.0 Å². The molecule has 3 N–H and O–H groups in total. The molecule has 0 saturated heterocycles. The van der Waals surface area contributed by atoms with E-state index in [-0.39, 0.29) is 30.0 Å². The van der Waals surface area contributed by atoms with Gasteiger partial charge in [-0.2, -0.15) is 0 Å². The third-order valence-electron chi connectivity index (χ3n) is 9.96. The summed E-state index contributed by atoms with van der Waals surface area (Å²) < 4.78 is 0. The first-order chi connectivity index (χ1) is 16.9. The molecule has 2 heterocycles. The molecule has 4 unspecified atom stereocenters. The molecule has 36 heavy (non-hydrogen) atoms. The third-order valence-corrected chi connectivity index (χ3v) is 11.8. The molecule has 9 heteroatoms. The van der Waals surface area contributed by atoms with Gasteiger partial charge in [-0.1, -0.05) is 43.8 Å². The molecule has 0 aliphatic heterocycles. The van der Waals surface area contributed by atoms with Crippen LogP contribution >= 0.6 is 22.9 Å². The second kappa shape index (κ2) is 7.69. The van der Waals surface area contributed by atoms with E-state index in [1.54, 1.807) is 24.4 Å². The molecule has 1 amide bonds. The van der Waals surface area contributed by atoms with Gasteiger partial charge in [-0.3, -0.25) is 14.9 Å². The van der Waals surface area contributed by atoms with Crippen molar-refractivity contribution < 1.29 is 19.8 Å². The van der Waals surface area contributed by atoms with E-state index in [9.17, 15) is 19.8 Å². The van der Waals surface area contributed by atoms with Gasteiger partial charge in [-0.25, -0.2) is 9.97 Å². The highest BCUT2D eigenvalue weighted by Gasteiger charge is 2.74. The topological polar surface area (TPSA) is 112 Å². The molecule has 0 aromatic carbocycles. The Hall–Kier alpha value is -2.13. The number of pyridine rings is 1. The minimum atomic E-state index is -1.71. The lowest BCUT2D eigenvalue weighted by Crippen LogP contribution is -2.69. The summed E-state index contributed by atoms with van der Waals surface area (Å²) in [5.41, 5.74) is -1.64. The number of thiazole rings is 1. The predicted octanol–water partition coefficient (Wildman–Crippen LogP) is 4.25. The van der Waals surface area contributed by atoms with Crippen molar-refractivity contribution >= 4 is 50.1 Å². The van der Waals surface area contributed by atoms with Crippen LogP contribution < -0.4 is 5.32 Å². The maximum absolute atomic E-state index is 13.8. The van der Waals surface area contributed by atoms with Crippen LogP contribution in [-0.2, 0) is 9.59 Å². The van der Waals surface area contributed by atoms with E-state index in [1.165, 1.54) is 11.3 Å². The van der Waals surface area contributed by atoms with Gasteiger partial charge in [0.15, 0.2) is 16.5 Å². The number of carbonyl (C=O) groups excluding carboxylic acids is 2. The number of amides is 1. The molecule has 190 valence electrons. The van der Waals surface area contributed by atoms with Crippen molar-refractivity contribution in [3.05, 3.63) is 42.1 Å². The van der Waals surface area contributed by atoms with Crippen LogP contribution in [0.1, 0.15) is 46.5 Å². The number of alkyl halides is 1. The van der Waals surface area contributed by atoms with E-state index in [2.05, 4.69) is 15.3 Å². The van der Waals surface area contributed by atoms with Crippen molar-refractivity contribution in [2.24, 2.45) is 28.6 Å². The monoisotopic (exact) mass is 527 g/mol. The van der Waals surface area contributed by atoms with E-state index >= 15 is 0 Å². The number of rotatable bonds is 2. The van der Waals surface area contributed by atoms with Gasteiger partial charge in [0.25, 0.3) is 5.91 Å². The number of fused-ring (bicyclic) bond motifs is 6. The number of hydrogen-bond acceptors (Lipinski definition) is 7. The molecule has 3 saturated carbocycles. The summed E-state index contributed by atoms with van der Waals surface area (Å²) in [5, 5.41) is 27.1. The SMILES string of the molecule is C[C@@H]1CC2C3CCC4=CC(=O)C=CC4(C)[C@@]3(Cl)[C@@H](O)CC2(C)[C@@]1(O)C(=O)Nc1nc2cccnc2s1. The first-order valence-corrected chi connectivity index (χ1v) is 13.7. The van der Waals surface area contributed by atoms with E-state index in [0.29, 0.717) is 34.7 Å². The van der Waals surface area contributed by atoms with Crippen molar-refractivity contribution in [3.63, 3.8) is 0 Å². The van der Waals surface area contributed by atoms with Gasteiger partial charge in [-0.15, -0.1) is 11.6 Å². The minimum Gasteiger partial charge on any atom is -0.391 e. The Morgan fingerprint density at radius 2 is 2.08 bits per heavy atom. The Morgan fingerprint density at radius 1 is 1.31 bits per heavy atom. The quantitative estimate of drug-likeness (QED) is 0.503. The van der Waals surface area contributed by atoms with E-state index in [1.807, 2.05) is 32.9 Å². The summed E-state index contributed by atoms with van der Waals surface area (Å²) in [6.45, 7) is 5.83. The molecule has 0 spiro atoms. The van der Waals surface area contributed by atoms with E-state index in [0.717, 1.165) is 5.57 Å². The Balaban J connectivity index is 1.37. The number of aliphatic hydroxyl groups is 2. The molecular weight excluding hydrogens is 498 g/mol. The highest BCUT2D eigenvalue weighted by atomic mass is 35.5. The standard InChI is InChI=1S/C27H30ClN3O4S/c1-14-11-18-17-7-6-15-12-16(32)8-9-24(15,2)26(17,28)20(33)13-25(18,3)27(14,35)22(34)31-23-30-19-5-4-10-29-21(19)36-23/h4-5,8-10,12,14,17-18,20,33,35H,6-7,11,13H2,1-3H3,(H,30,31,34)/t14-,17?,18?,20+,24?,25?,26+,27+/m1/s1. The summed E-state index contributed by atoms with van der Waals surface area (Å²) in [6, 6.07) is 3.62. The van der Waals surface area contributed by atoms with Crippen LogP contribution in [0.25, 0.3) is 10.3 Å². The summed E-state index contributed by atoms with van der Waals surface area (Å²) in [7, 11) is 0.